The van der Waals surface area contributed by atoms with Gasteiger partial charge in [-0.2, -0.15) is 0 Å². The second kappa shape index (κ2) is 4.47. The summed E-state index contributed by atoms with van der Waals surface area (Å²) >= 11 is 0. The van der Waals surface area contributed by atoms with E-state index in [1.807, 2.05) is 19.1 Å². The maximum atomic E-state index is 9.13. The number of ether oxygens (including phenoxy) is 1. The zero-order valence-corrected chi connectivity index (χ0v) is 9.08. The molecule has 0 amide bonds. The van der Waals surface area contributed by atoms with Crippen LogP contribution in [0.25, 0.3) is 0 Å². The van der Waals surface area contributed by atoms with Gasteiger partial charge in [0.05, 0.1) is 5.60 Å². The molecule has 0 unspecified atom stereocenters. The minimum atomic E-state index is -0.133. The van der Waals surface area contributed by atoms with E-state index in [0.29, 0.717) is 5.75 Å². The first-order chi connectivity index (χ1) is 6.53. The third-order valence-electron chi connectivity index (χ3n) is 2.10. The van der Waals surface area contributed by atoms with Crippen LogP contribution < -0.4 is 0 Å². The van der Waals surface area contributed by atoms with Gasteiger partial charge in [0.25, 0.3) is 0 Å². The molecule has 0 bridgehead atoms. The van der Waals surface area contributed by atoms with Gasteiger partial charge < -0.3 is 9.84 Å². The van der Waals surface area contributed by atoms with Gasteiger partial charge >= 0.3 is 0 Å². The number of hydrogen-bond acceptors (Lipinski definition) is 2. The molecule has 2 nitrogen and oxygen atoms in total. The second-order valence-corrected chi connectivity index (χ2v) is 4.04. The Labute approximate surface area is 85.5 Å². The quantitative estimate of drug-likeness (QED) is 0.798. The number of phenols is 1. The van der Waals surface area contributed by atoms with Gasteiger partial charge in [-0.05, 0) is 38.5 Å². The molecule has 1 rings (SSSR count). The predicted molar refractivity (Wildman–Crippen MR) is 57.5 cm³/mol. The van der Waals surface area contributed by atoms with Crippen molar-refractivity contribution in [1.29, 1.82) is 0 Å². The lowest BCUT2D eigenvalue weighted by atomic mass is 9.98. The summed E-state index contributed by atoms with van der Waals surface area (Å²) in [7, 11) is 0. The molecule has 0 heterocycles. The molecular weight excluding hydrogens is 176 g/mol. The van der Waals surface area contributed by atoms with E-state index in [0.717, 1.165) is 13.0 Å². The Morgan fingerprint density at radius 3 is 2.29 bits per heavy atom. The summed E-state index contributed by atoms with van der Waals surface area (Å²) in [6, 6.07) is 7.26. The highest BCUT2D eigenvalue weighted by molar-refractivity contribution is 5.26. The molecule has 0 saturated carbocycles. The number of hydrogen-bond donors (Lipinski definition) is 1. The van der Waals surface area contributed by atoms with Crippen molar-refractivity contribution in [2.45, 2.75) is 32.8 Å². The highest BCUT2D eigenvalue weighted by Gasteiger charge is 2.17. The molecule has 0 spiro atoms. The van der Waals surface area contributed by atoms with E-state index in [1.54, 1.807) is 12.1 Å². The van der Waals surface area contributed by atoms with E-state index in [-0.39, 0.29) is 5.60 Å². The molecule has 1 N–H and O–H groups in total. The fourth-order valence-electron chi connectivity index (χ4n) is 1.55. The Bertz CT molecular complexity index is 275. The average molecular weight is 194 g/mol. The molecule has 78 valence electrons. The van der Waals surface area contributed by atoms with Crippen LogP contribution in [0.3, 0.4) is 0 Å². The molecule has 0 aromatic heterocycles. The zero-order valence-electron chi connectivity index (χ0n) is 9.08. The molecule has 0 atom stereocenters. The summed E-state index contributed by atoms with van der Waals surface area (Å²) in [6.45, 7) is 6.87. The van der Waals surface area contributed by atoms with Crippen LogP contribution in [-0.4, -0.2) is 17.3 Å². The minimum Gasteiger partial charge on any atom is -0.508 e. The van der Waals surface area contributed by atoms with E-state index in [2.05, 4.69) is 13.8 Å². The largest absolute Gasteiger partial charge is 0.508 e. The van der Waals surface area contributed by atoms with Crippen molar-refractivity contribution in [3.63, 3.8) is 0 Å². The van der Waals surface area contributed by atoms with Gasteiger partial charge in [0.2, 0.25) is 0 Å². The standard InChI is InChI=1S/C12H18O2/c1-4-14-12(2,3)9-10-5-7-11(13)8-6-10/h5-8,13H,4,9H2,1-3H3. The van der Waals surface area contributed by atoms with Gasteiger partial charge in [-0.3, -0.25) is 0 Å². The van der Waals surface area contributed by atoms with Gasteiger partial charge in [-0.25, -0.2) is 0 Å². The molecule has 0 radical (unpaired) electrons. The summed E-state index contributed by atoms with van der Waals surface area (Å²) in [5, 5.41) is 9.13. The lowest BCUT2D eigenvalue weighted by molar-refractivity contribution is -0.00933. The van der Waals surface area contributed by atoms with Crippen molar-refractivity contribution < 1.29 is 9.84 Å². The molecule has 0 fully saturated rings. The first-order valence-electron chi connectivity index (χ1n) is 4.95. The first kappa shape index (κ1) is 11.1. The second-order valence-electron chi connectivity index (χ2n) is 4.04. The van der Waals surface area contributed by atoms with Crippen molar-refractivity contribution in [3.05, 3.63) is 29.8 Å². The van der Waals surface area contributed by atoms with Gasteiger partial charge in [0, 0.05) is 13.0 Å². The smallest absolute Gasteiger partial charge is 0.115 e. The van der Waals surface area contributed by atoms with Crippen LogP contribution >= 0.6 is 0 Å². The van der Waals surface area contributed by atoms with Crippen LogP contribution in [0.15, 0.2) is 24.3 Å². The normalized spacial score (nSPS) is 11.6. The van der Waals surface area contributed by atoms with E-state index < -0.39 is 0 Å². The lowest BCUT2D eigenvalue weighted by Crippen LogP contribution is -2.27. The van der Waals surface area contributed by atoms with E-state index >= 15 is 0 Å². The molecule has 0 saturated heterocycles. The Morgan fingerprint density at radius 1 is 1.21 bits per heavy atom. The van der Waals surface area contributed by atoms with E-state index in [4.69, 9.17) is 9.84 Å². The number of benzene rings is 1. The summed E-state index contributed by atoms with van der Waals surface area (Å²) in [6.07, 6.45) is 0.862. The number of rotatable bonds is 4. The van der Waals surface area contributed by atoms with E-state index in [9.17, 15) is 0 Å². The maximum Gasteiger partial charge on any atom is 0.115 e. The molecule has 0 aliphatic heterocycles. The minimum absolute atomic E-state index is 0.133. The molecule has 0 aliphatic carbocycles. The SMILES string of the molecule is CCOC(C)(C)Cc1ccc(O)cc1. The molecule has 1 aromatic carbocycles. The van der Waals surface area contributed by atoms with Gasteiger partial charge in [0.1, 0.15) is 5.75 Å². The third kappa shape index (κ3) is 3.38. The van der Waals surface area contributed by atoms with Gasteiger partial charge in [-0.15, -0.1) is 0 Å². The Balaban J connectivity index is 2.64. The summed E-state index contributed by atoms with van der Waals surface area (Å²) in [5.41, 5.74) is 1.05. The predicted octanol–water partition coefficient (Wildman–Crippen LogP) is 2.75. The van der Waals surface area contributed by atoms with E-state index in [1.165, 1.54) is 5.56 Å². The van der Waals surface area contributed by atoms with Crippen molar-refractivity contribution >= 4 is 0 Å². The molecule has 1 aromatic rings. The van der Waals surface area contributed by atoms with Gasteiger partial charge in [0.15, 0.2) is 0 Å². The van der Waals surface area contributed by atoms with Crippen molar-refractivity contribution in [2.75, 3.05) is 6.61 Å². The Hall–Kier alpha value is -1.02. The Kier molecular flexibility index (Phi) is 3.53. The highest BCUT2D eigenvalue weighted by atomic mass is 16.5. The van der Waals surface area contributed by atoms with Crippen molar-refractivity contribution in [3.8, 4) is 5.75 Å². The molecule has 14 heavy (non-hydrogen) atoms. The Morgan fingerprint density at radius 2 is 1.79 bits per heavy atom. The fourth-order valence-corrected chi connectivity index (χ4v) is 1.55. The number of phenolic OH excluding ortho intramolecular Hbond substituents is 1. The van der Waals surface area contributed by atoms with Crippen LogP contribution in [0.5, 0.6) is 5.75 Å². The summed E-state index contributed by atoms with van der Waals surface area (Å²) < 4.78 is 5.60. The first-order valence-corrected chi connectivity index (χ1v) is 4.95. The third-order valence-corrected chi connectivity index (χ3v) is 2.10. The monoisotopic (exact) mass is 194 g/mol. The van der Waals surface area contributed by atoms with Crippen LogP contribution in [-0.2, 0) is 11.2 Å². The van der Waals surface area contributed by atoms with Crippen LogP contribution in [0.1, 0.15) is 26.3 Å². The summed E-state index contributed by atoms with van der Waals surface area (Å²) in [5.74, 6) is 0.308. The lowest BCUT2D eigenvalue weighted by Gasteiger charge is -2.24. The van der Waals surface area contributed by atoms with Crippen LogP contribution in [0.2, 0.25) is 0 Å². The highest BCUT2D eigenvalue weighted by Crippen LogP contribution is 2.18. The molecular formula is C12H18O2. The topological polar surface area (TPSA) is 29.5 Å². The van der Waals surface area contributed by atoms with Gasteiger partial charge in [-0.1, -0.05) is 12.1 Å². The summed E-state index contributed by atoms with van der Waals surface area (Å²) in [4.78, 5) is 0. The zero-order chi connectivity index (χ0) is 10.6. The number of aromatic hydroxyl groups is 1. The maximum absolute atomic E-state index is 9.13. The van der Waals surface area contributed by atoms with Crippen molar-refractivity contribution in [2.24, 2.45) is 0 Å². The molecule has 0 aliphatic rings. The molecule has 2 heteroatoms. The fraction of sp³-hybridized carbons (Fsp3) is 0.500. The van der Waals surface area contributed by atoms with Crippen molar-refractivity contribution in [1.82, 2.24) is 0 Å². The van der Waals surface area contributed by atoms with Crippen LogP contribution in [0, 0.1) is 0 Å². The average Bonchev–Trinajstić information content (AvgIpc) is 2.08. The van der Waals surface area contributed by atoms with Crippen LogP contribution in [0.4, 0.5) is 0 Å².